The summed E-state index contributed by atoms with van der Waals surface area (Å²) in [5, 5.41) is 9.71. The van der Waals surface area contributed by atoms with E-state index in [0.29, 0.717) is 5.57 Å². The topological polar surface area (TPSA) is 46.5 Å². The van der Waals surface area contributed by atoms with Crippen molar-refractivity contribution in [1.29, 1.82) is 0 Å². The number of unbranched alkanes of at least 4 members (excludes halogenated alkanes) is 12. The minimum absolute atomic E-state index is 0.145. The molecule has 1 aliphatic heterocycles. The molecule has 0 aromatic carbocycles. The summed E-state index contributed by atoms with van der Waals surface area (Å²) in [7, 11) is 0. The molecule has 1 saturated heterocycles. The molecule has 0 aromatic heterocycles. The maximum absolute atomic E-state index is 11.4. The van der Waals surface area contributed by atoms with E-state index >= 15 is 0 Å². The van der Waals surface area contributed by atoms with Crippen molar-refractivity contribution in [2.45, 2.75) is 89.6 Å². The number of allylic oxidation sites excluding steroid dienone is 2. The Morgan fingerprint density at radius 1 is 0.875 bits per heavy atom. The van der Waals surface area contributed by atoms with Gasteiger partial charge in [0.2, 0.25) is 0 Å². The third-order valence-corrected chi connectivity index (χ3v) is 4.54. The lowest BCUT2D eigenvalue weighted by Gasteiger charge is -2.02. The van der Waals surface area contributed by atoms with Crippen LogP contribution in [0, 0.1) is 0 Å². The van der Waals surface area contributed by atoms with Gasteiger partial charge in [-0.25, -0.2) is 4.79 Å². The molecule has 1 N–H and O–H groups in total. The smallest absolute Gasteiger partial charge is 0.341 e. The van der Waals surface area contributed by atoms with E-state index in [1.54, 1.807) is 6.08 Å². The number of carbonyl (C=O) groups excluding carboxylic acids is 1. The number of esters is 1. The van der Waals surface area contributed by atoms with E-state index < -0.39 is 12.1 Å². The monoisotopic (exact) mass is 334 g/mol. The summed E-state index contributed by atoms with van der Waals surface area (Å²) in [6.45, 7) is 7.26. The molecule has 136 valence electrons. The van der Waals surface area contributed by atoms with Crippen LogP contribution in [0.25, 0.3) is 0 Å². The molecule has 0 amide bonds. The molecular weight excluding hydrogens is 300 g/mol. The average molecular weight is 335 g/mol. The fourth-order valence-electron chi connectivity index (χ4n) is 3.00. The maximum Gasteiger partial charge on any atom is 0.341 e. The van der Waals surface area contributed by atoms with Gasteiger partial charge >= 0.3 is 5.97 Å². The average Bonchev–Trinajstić information content (AvgIpc) is 2.81. The Hall–Kier alpha value is -1.35. The number of aliphatic hydroxyl groups excluding tert-OH is 1. The molecule has 3 heteroatoms. The zero-order valence-corrected chi connectivity index (χ0v) is 15.1. The van der Waals surface area contributed by atoms with Crippen LogP contribution in [-0.4, -0.2) is 17.2 Å². The van der Waals surface area contributed by atoms with Gasteiger partial charge in [-0.15, -0.1) is 6.58 Å². The van der Waals surface area contributed by atoms with Crippen LogP contribution in [0.3, 0.4) is 0 Å². The lowest BCUT2D eigenvalue weighted by atomic mass is 10.0. The van der Waals surface area contributed by atoms with Crippen molar-refractivity contribution in [2.24, 2.45) is 0 Å². The molecule has 1 aliphatic rings. The Labute approximate surface area is 147 Å². The molecule has 1 rings (SSSR count). The summed E-state index contributed by atoms with van der Waals surface area (Å²) in [6, 6.07) is 0. The third kappa shape index (κ3) is 8.49. The van der Waals surface area contributed by atoms with E-state index in [-0.39, 0.29) is 5.76 Å². The van der Waals surface area contributed by atoms with Crippen LogP contribution in [0.15, 0.2) is 36.6 Å². The van der Waals surface area contributed by atoms with Crippen LogP contribution in [-0.2, 0) is 9.53 Å². The summed E-state index contributed by atoms with van der Waals surface area (Å²) in [5.41, 5.74) is 0.355. The summed E-state index contributed by atoms with van der Waals surface area (Å²) < 4.78 is 4.80. The SMILES string of the molecule is C=CCCCCCCCCCCCCC/C=C1/C(=O)OC(=C)[C@@H]1O. The van der Waals surface area contributed by atoms with Crippen molar-refractivity contribution in [3.8, 4) is 0 Å². The molecule has 1 fully saturated rings. The first-order valence-electron chi connectivity index (χ1n) is 9.56. The molecule has 0 aromatic rings. The Kier molecular flexibility index (Phi) is 11.2. The second-order valence-corrected chi connectivity index (χ2v) is 6.67. The highest BCUT2D eigenvalue weighted by molar-refractivity contribution is 5.93. The van der Waals surface area contributed by atoms with Gasteiger partial charge in [0.05, 0.1) is 5.57 Å². The Bertz CT molecular complexity index is 423. The van der Waals surface area contributed by atoms with E-state index in [1.807, 2.05) is 6.08 Å². The maximum atomic E-state index is 11.4. The first-order chi connectivity index (χ1) is 11.7. The Morgan fingerprint density at radius 3 is 1.75 bits per heavy atom. The molecule has 3 nitrogen and oxygen atoms in total. The van der Waals surface area contributed by atoms with Crippen molar-refractivity contribution < 1.29 is 14.6 Å². The van der Waals surface area contributed by atoms with Crippen LogP contribution < -0.4 is 0 Å². The molecule has 0 aliphatic carbocycles. The van der Waals surface area contributed by atoms with Crippen molar-refractivity contribution in [3.63, 3.8) is 0 Å². The van der Waals surface area contributed by atoms with Gasteiger partial charge in [-0.3, -0.25) is 0 Å². The first-order valence-corrected chi connectivity index (χ1v) is 9.56. The molecule has 0 bridgehead atoms. The second-order valence-electron chi connectivity index (χ2n) is 6.67. The molecule has 1 atom stereocenters. The standard InChI is InChI=1S/C21H34O3/c1-3-4-5-6-7-8-9-10-11-12-13-14-15-16-17-19-20(22)18(2)24-21(19)23/h3,17,20,22H,1-2,4-16H2/b19-17+/t20-/m0/s1. The van der Waals surface area contributed by atoms with Gasteiger partial charge in [-0.2, -0.15) is 0 Å². The van der Waals surface area contributed by atoms with E-state index in [1.165, 1.54) is 64.2 Å². The van der Waals surface area contributed by atoms with Crippen LogP contribution >= 0.6 is 0 Å². The normalized spacial score (nSPS) is 19.0. The lowest BCUT2D eigenvalue weighted by Crippen LogP contribution is -2.07. The van der Waals surface area contributed by atoms with Gasteiger partial charge in [0, 0.05) is 0 Å². The van der Waals surface area contributed by atoms with Crippen LogP contribution in [0.5, 0.6) is 0 Å². The number of carbonyl (C=O) groups is 1. The highest BCUT2D eigenvalue weighted by atomic mass is 16.6. The number of rotatable bonds is 14. The third-order valence-electron chi connectivity index (χ3n) is 4.54. The van der Waals surface area contributed by atoms with E-state index in [2.05, 4.69) is 13.2 Å². The summed E-state index contributed by atoms with van der Waals surface area (Å²) in [5.74, 6) is -0.302. The summed E-state index contributed by atoms with van der Waals surface area (Å²) in [4.78, 5) is 11.4. The van der Waals surface area contributed by atoms with Crippen LogP contribution in [0.2, 0.25) is 0 Å². The predicted molar refractivity (Wildman–Crippen MR) is 99.5 cm³/mol. The second kappa shape index (κ2) is 13.0. The molecule has 0 saturated carbocycles. The van der Waals surface area contributed by atoms with Crippen LogP contribution in [0.1, 0.15) is 83.5 Å². The molecule has 0 radical (unpaired) electrons. The molecule has 24 heavy (non-hydrogen) atoms. The van der Waals surface area contributed by atoms with Gasteiger partial charge in [0.15, 0.2) is 0 Å². The van der Waals surface area contributed by atoms with Crippen molar-refractivity contribution in [1.82, 2.24) is 0 Å². The largest absolute Gasteiger partial charge is 0.425 e. The number of ether oxygens (including phenoxy) is 1. The van der Waals surface area contributed by atoms with E-state index in [0.717, 1.165) is 19.3 Å². The van der Waals surface area contributed by atoms with Gasteiger partial charge in [0.1, 0.15) is 11.9 Å². The molecular formula is C21H34O3. The van der Waals surface area contributed by atoms with E-state index in [9.17, 15) is 9.90 Å². The van der Waals surface area contributed by atoms with Crippen molar-refractivity contribution in [3.05, 3.63) is 36.6 Å². The highest BCUT2D eigenvalue weighted by Crippen LogP contribution is 2.23. The fraction of sp³-hybridized carbons (Fsp3) is 0.667. The number of aliphatic hydroxyl groups is 1. The van der Waals surface area contributed by atoms with Gasteiger partial charge in [-0.05, 0) is 25.7 Å². The number of hydrogen-bond acceptors (Lipinski definition) is 3. The lowest BCUT2D eigenvalue weighted by molar-refractivity contribution is -0.132. The quantitative estimate of drug-likeness (QED) is 0.195. The minimum atomic E-state index is -0.936. The Morgan fingerprint density at radius 2 is 1.33 bits per heavy atom. The molecule has 0 unspecified atom stereocenters. The zero-order valence-electron chi connectivity index (χ0n) is 15.1. The fourth-order valence-corrected chi connectivity index (χ4v) is 3.00. The molecule has 1 heterocycles. The number of cyclic esters (lactones) is 1. The van der Waals surface area contributed by atoms with Crippen LogP contribution in [0.4, 0.5) is 0 Å². The Balaban J connectivity index is 1.88. The first kappa shape index (κ1) is 20.7. The van der Waals surface area contributed by atoms with Gasteiger partial charge in [-0.1, -0.05) is 76.5 Å². The van der Waals surface area contributed by atoms with Crippen molar-refractivity contribution in [2.75, 3.05) is 0 Å². The van der Waals surface area contributed by atoms with Gasteiger partial charge in [0.25, 0.3) is 0 Å². The van der Waals surface area contributed by atoms with Gasteiger partial charge < -0.3 is 9.84 Å². The summed E-state index contributed by atoms with van der Waals surface area (Å²) >= 11 is 0. The number of hydrogen-bond donors (Lipinski definition) is 1. The van der Waals surface area contributed by atoms with Crippen molar-refractivity contribution >= 4 is 5.97 Å². The predicted octanol–water partition coefficient (Wildman–Crippen LogP) is 5.60. The highest BCUT2D eigenvalue weighted by Gasteiger charge is 2.32. The summed E-state index contributed by atoms with van der Waals surface area (Å²) in [6.07, 6.45) is 19.1. The molecule has 0 spiro atoms. The zero-order chi connectivity index (χ0) is 17.6. The van der Waals surface area contributed by atoms with E-state index in [4.69, 9.17) is 4.74 Å². The minimum Gasteiger partial charge on any atom is -0.425 e.